The standard InChI is InChI=1S/C18H18O5/c1-11(2)22-14-7-4-13(5-8-14)6-9-15(19)17-16(20)10-12(3)23-18(17)21/h4-11,17H,1-3H3/b9-6-/t17-/m1/s1. The molecule has 1 aliphatic heterocycles. The third-order valence-corrected chi connectivity index (χ3v) is 3.10. The van der Waals surface area contributed by atoms with E-state index in [1.165, 1.54) is 13.0 Å². The van der Waals surface area contributed by atoms with E-state index in [-0.39, 0.29) is 11.9 Å². The monoisotopic (exact) mass is 314 g/mol. The van der Waals surface area contributed by atoms with Gasteiger partial charge >= 0.3 is 5.97 Å². The Kier molecular flexibility index (Phi) is 5.11. The number of esters is 1. The number of rotatable bonds is 5. The van der Waals surface area contributed by atoms with Crippen LogP contribution < -0.4 is 4.74 Å². The van der Waals surface area contributed by atoms with Gasteiger partial charge in [0.1, 0.15) is 11.5 Å². The second kappa shape index (κ2) is 7.05. The molecule has 0 aromatic heterocycles. The Morgan fingerprint density at radius 1 is 1.22 bits per heavy atom. The molecule has 1 aromatic rings. The first-order valence-corrected chi connectivity index (χ1v) is 7.29. The fourth-order valence-corrected chi connectivity index (χ4v) is 2.11. The van der Waals surface area contributed by atoms with Gasteiger partial charge in [0.05, 0.1) is 6.10 Å². The Morgan fingerprint density at radius 2 is 1.87 bits per heavy atom. The molecule has 5 nitrogen and oxygen atoms in total. The molecule has 0 amide bonds. The van der Waals surface area contributed by atoms with Gasteiger partial charge in [0.2, 0.25) is 0 Å². The van der Waals surface area contributed by atoms with Crippen molar-refractivity contribution in [3.05, 3.63) is 47.7 Å². The maximum atomic E-state index is 12.0. The van der Waals surface area contributed by atoms with Crippen LogP contribution in [0.15, 0.2) is 42.2 Å². The average molecular weight is 314 g/mol. The number of hydrogen-bond acceptors (Lipinski definition) is 5. The van der Waals surface area contributed by atoms with E-state index in [0.29, 0.717) is 0 Å². The normalized spacial score (nSPS) is 18.1. The lowest BCUT2D eigenvalue weighted by atomic mass is 9.96. The highest BCUT2D eigenvalue weighted by atomic mass is 16.5. The topological polar surface area (TPSA) is 69.7 Å². The summed E-state index contributed by atoms with van der Waals surface area (Å²) in [6, 6.07) is 7.14. The molecule has 0 fully saturated rings. The van der Waals surface area contributed by atoms with Crippen molar-refractivity contribution >= 4 is 23.6 Å². The molecule has 0 spiro atoms. The first kappa shape index (κ1) is 16.7. The maximum absolute atomic E-state index is 12.0. The van der Waals surface area contributed by atoms with Crippen LogP contribution in [0.1, 0.15) is 26.3 Å². The highest BCUT2D eigenvalue weighted by Gasteiger charge is 2.36. The van der Waals surface area contributed by atoms with E-state index in [9.17, 15) is 14.4 Å². The quantitative estimate of drug-likeness (QED) is 0.475. The van der Waals surface area contributed by atoms with Crippen molar-refractivity contribution in [2.24, 2.45) is 5.92 Å². The molecular weight excluding hydrogens is 296 g/mol. The lowest BCUT2D eigenvalue weighted by molar-refractivity contribution is -0.151. The zero-order valence-electron chi connectivity index (χ0n) is 13.2. The van der Waals surface area contributed by atoms with E-state index in [1.807, 2.05) is 13.8 Å². The predicted octanol–water partition coefficient (Wildman–Crippen LogP) is 2.70. The predicted molar refractivity (Wildman–Crippen MR) is 84.6 cm³/mol. The molecule has 0 N–H and O–H groups in total. The fraction of sp³-hybridized carbons (Fsp3) is 0.278. The third-order valence-electron chi connectivity index (χ3n) is 3.10. The highest BCUT2D eigenvalue weighted by Crippen LogP contribution is 2.18. The Balaban J connectivity index is 2.06. The van der Waals surface area contributed by atoms with E-state index in [0.717, 1.165) is 17.4 Å². The van der Waals surface area contributed by atoms with Gasteiger partial charge in [-0.3, -0.25) is 14.4 Å². The van der Waals surface area contributed by atoms with Gasteiger partial charge < -0.3 is 9.47 Å². The van der Waals surface area contributed by atoms with Gasteiger partial charge in [-0.15, -0.1) is 0 Å². The first-order valence-electron chi connectivity index (χ1n) is 7.29. The van der Waals surface area contributed by atoms with Crippen LogP contribution in [0.4, 0.5) is 0 Å². The Labute approximate surface area is 134 Å². The van der Waals surface area contributed by atoms with E-state index < -0.39 is 23.5 Å². The molecule has 0 unspecified atom stereocenters. The Hall–Kier alpha value is -2.69. The van der Waals surface area contributed by atoms with Crippen LogP contribution in [0, 0.1) is 5.92 Å². The van der Waals surface area contributed by atoms with Crippen molar-refractivity contribution in [2.45, 2.75) is 26.9 Å². The van der Waals surface area contributed by atoms with Crippen LogP contribution in [-0.2, 0) is 19.1 Å². The molecule has 1 atom stereocenters. The summed E-state index contributed by atoms with van der Waals surface area (Å²) in [6.07, 6.45) is 4.01. The fourth-order valence-electron chi connectivity index (χ4n) is 2.11. The molecule has 1 aromatic carbocycles. The molecule has 0 saturated carbocycles. The van der Waals surface area contributed by atoms with Crippen LogP contribution in [0.2, 0.25) is 0 Å². The van der Waals surface area contributed by atoms with Crippen LogP contribution in [0.5, 0.6) is 5.75 Å². The van der Waals surface area contributed by atoms with Crippen molar-refractivity contribution in [3.8, 4) is 5.75 Å². The Bertz CT molecular complexity index is 680. The second-order valence-electron chi connectivity index (χ2n) is 5.48. The van der Waals surface area contributed by atoms with Gasteiger partial charge in [0.25, 0.3) is 0 Å². The molecule has 0 radical (unpaired) electrons. The van der Waals surface area contributed by atoms with Gasteiger partial charge in [0, 0.05) is 6.08 Å². The summed E-state index contributed by atoms with van der Waals surface area (Å²) in [7, 11) is 0. The molecule has 0 saturated heterocycles. The number of allylic oxidation sites excluding steroid dienone is 3. The van der Waals surface area contributed by atoms with Crippen molar-refractivity contribution in [1.82, 2.24) is 0 Å². The van der Waals surface area contributed by atoms with E-state index in [2.05, 4.69) is 0 Å². The minimum absolute atomic E-state index is 0.0813. The molecule has 120 valence electrons. The molecule has 23 heavy (non-hydrogen) atoms. The number of carbonyl (C=O) groups excluding carboxylic acids is 3. The molecule has 2 rings (SSSR count). The third kappa shape index (κ3) is 4.39. The Morgan fingerprint density at radius 3 is 2.43 bits per heavy atom. The maximum Gasteiger partial charge on any atom is 0.329 e. The van der Waals surface area contributed by atoms with Crippen molar-refractivity contribution in [3.63, 3.8) is 0 Å². The van der Waals surface area contributed by atoms with E-state index >= 15 is 0 Å². The minimum Gasteiger partial charge on any atom is -0.491 e. The second-order valence-corrected chi connectivity index (χ2v) is 5.48. The highest BCUT2D eigenvalue weighted by molar-refractivity contribution is 6.25. The molecule has 1 aliphatic rings. The zero-order valence-corrected chi connectivity index (χ0v) is 13.2. The number of cyclic esters (lactones) is 1. The van der Waals surface area contributed by atoms with Gasteiger partial charge in [-0.05, 0) is 44.5 Å². The molecule has 0 bridgehead atoms. The summed E-state index contributed by atoms with van der Waals surface area (Å²) >= 11 is 0. The number of hydrogen-bond donors (Lipinski definition) is 0. The minimum atomic E-state index is -1.40. The van der Waals surface area contributed by atoms with Crippen LogP contribution >= 0.6 is 0 Å². The van der Waals surface area contributed by atoms with Crippen LogP contribution in [0.3, 0.4) is 0 Å². The SMILES string of the molecule is CC1=CC(=O)[C@@H](C(=O)/C=C\c2ccc(OC(C)C)cc2)C(=O)O1. The van der Waals surface area contributed by atoms with Gasteiger partial charge in [-0.2, -0.15) is 0 Å². The van der Waals surface area contributed by atoms with Crippen molar-refractivity contribution in [1.29, 1.82) is 0 Å². The molecule has 5 heteroatoms. The summed E-state index contributed by atoms with van der Waals surface area (Å²) in [5.41, 5.74) is 0.762. The molecule has 0 aliphatic carbocycles. The molecule has 1 heterocycles. The van der Waals surface area contributed by atoms with Crippen molar-refractivity contribution in [2.75, 3.05) is 0 Å². The largest absolute Gasteiger partial charge is 0.491 e. The van der Waals surface area contributed by atoms with Gasteiger partial charge in [0.15, 0.2) is 17.5 Å². The summed E-state index contributed by atoms with van der Waals surface area (Å²) in [4.78, 5) is 35.5. The molecular formula is C18H18O5. The van der Waals surface area contributed by atoms with Crippen molar-refractivity contribution < 1.29 is 23.9 Å². The smallest absolute Gasteiger partial charge is 0.329 e. The van der Waals surface area contributed by atoms with E-state index in [4.69, 9.17) is 9.47 Å². The van der Waals surface area contributed by atoms with Gasteiger partial charge in [-0.25, -0.2) is 0 Å². The summed E-state index contributed by atoms with van der Waals surface area (Å²) < 4.78 is 10.3. The van der Waals surface area contributed by atoms with Gasteiger partial charge in [-0.1, -0.05) is 18.2 Å². The average Bonchev–Trinajstić information content (AvgIpc) is 2.45. The lowest BCUT2D eigenvalue weighted by Crippen LogP contribution is -2.34. The lowest BCUT2D eigenvalue weighted by Gasteiger charge is -2.15. The zero-order chi connectivity index (χ0) is 17.0. The number of benzene rings is 1. The van der Waals surface area contributed by atoms with Crippen LogP contribution in [-0.4, -0.2) is 23.6 Å². The number of ether oxygens (including phenoxy) is 2. The van der Waals surface area contributed by atoms with Crippen LogP contribution in [0.25, 0.3) is 6.08 Å². The summed E-state index contributed by atoms with van der Waals surface area (Å²) in [6.45, 7) is 5.36. The first-order chi connectivity index (χ1) is 10.9. The number of carbonyl (C=O) groups is 3. The number of ketones is 2. The van der Waals surface area contributed by atoms with E-state index in [1.54, 1.807) is 30.3 Å². The summed E-state index contributed by atoms with van der Waals surface area (Å²) in [5.74, 6) is -2.44. The summed E-state index contributed by atoms with van der Waals surface area (Å²) in [5, 5.41) is 0.